The fourth-order valence-corrected chi connectivity index (χ4v) is 3.15. The molecule has 0 atom stereocenters. The van der Waals surface area contributed by atoms with Gasteiger partial charge >= 0.3 is 0 Å². The molecule has 7 nitrogen and oxygen atoms in total. The van der Waals surface area contributed by atoms with E-state index in [0.717, 1.165) is 30.5 Å². The zero-order valence-electron chi connectivity index (χ0n) is 13.2. The molecule has 0 unspecified atom stereocenters. The Kier molecular flexibility index (Phi) is 4.38. The van der Waals surface area contributed by atoms with Crippen molar-refractivity contribution in [2.75, 3.05) is 5.32 Å². The van der Waals surface area contributed by atoms with Crippen LogP contribution in [-0.4, -0.2) is 36.8 Å². The van der Waals surface area contributed by atoms with Gasteiger partial charge in [-0.15, -0.1) is 5.10 Å². The lowest BCUT2D eigenvalue weighted by Crippen LogP contribution is -2.35. The number of aryl methyl sites for hydroxylation is 1. The Labute approximate surface area is 134 Å². The van der Waals surface area contributed by atoms with Crippen molar-refractivity contribution in [2.45, 2.75) is 51.0 Å². The molecule has 0 spiro atoms. The van der Waals surface area contributed by atoms with Gasteiger partial charge in [0.25, 0.3) is 0 Å². The number of rotatable bonds is 4. The van der Waals surface area contributed by atoms with Crippen LogP contribution in [0.4, 0.5) is 5.69 Å². The molecular formula is C16H21N5O2. The Balaban J connectivity index is 1.66. The average Bonchev–Trinajstić information content (AvgIpc) is 3.01. The third-order valence-electron chi connectivity index (χ3n) is 4.35. The van der Waals surface area contributed by atoms with Gasteiger partial charge in [-0.25, -0.2) is 4.68 Å². The van der Waals surface area contributed by atoms with Gasteiger partial charge in [0.1, 0.15) is 6.33 Å². The number of hydrogen-bond donors (Lipinski definition) is 2. The minimum atomic E-state index is -0.844. The number of aromatic nitrogens is 4. The molecule has 1 saturated carbocycles. The molecule has 0 radical (unpaired) electrons. The van der Waals surface area contributed by atoms with E-state index >= 15 is 0 Å². The van der Waals surface area contributed by atoms with Gasteiger partial charge < -0.3 is 10.4 Å². The first-order valence-electron chi connectivity index (χ1n) is 7.92. The van der Waals surface area contributed by atoms with Crippen LogP contribution < -0.4 is 5.32 Å². The lowest BCUT2D eigenvalue weighted by molar-refractivity contribution is -0.122. The van der Waals surface area contributed by atoms with Gasteiger partial charge in [-0.1, -0.05) is 19.3 Å². The van der Waals surface area contributed by atoms with Gasteiger partial charge in [0.2, 0.25) is 5.91 Å². The maximum absolute atomic E-state index is 12.2. The van der Waals surface area contributed by atoms with E-state index in [9.17, 15) is 9.90 Å². The predicted molar refractivity (Wildman–Crippen MR) is 85.2 cm³/mol. The second-order valence-electron chi connectivity index (χ2n) is 6.27. The van der Waals surface area contributed by atoms with Crippen LogP contribution in [0.15, 0.2) is 24.5 Å². The molecule has 7 heteroatoms. The summed E-state index contributed by atoms with van der Waals surface area (Å²) in [4.78, 5) is 12.2. The Morgan fingerprint density at radius 3 is 2.78 bits per heavy atom. The van der Waals surface area contributed by atoms with E-state index in [4.69, 9.17) is 0 Å². The molecule has 1 aliphatic rings. The summed E-state index contributed by atoms with van der Waals surface area (Å²) in [6.45, 7) is 1.93. The van der Waals surface area contributed by atoms with Crippen molar-refractivity contribution in [3.63, 3.8) is 0 Å². The maximum atomic E-state index is 12.2. The van der Waals surface area contributed by atoms with E-state index in [1.807, 2.05) is 25.1 Å². The summed E-state index contributed by atoms with van der Waals surface area (Å²) in [5.41, 5.74) is 1.68. The first kappa shape index (κ1) is 15.6. The van der Waals surface area contributed by atoms with E-state index in [2.05, 4.69) is 20.8 Å². The second-order valence-corrected chi connectivity index (χ2v) is 6.27. The van der Waals surface area contributed by atoms with E-state index in [1.165, 1.54) is 6.33 Å². The number of nitrogens with one attached hydrogen (secondary N) is 1. The highest BCUT2D eigenvalue weighted by Crippen LogP contribution is 2.31. The van der Waals surface area contributed by atoms with Crippen molar-refractivity contribution < 1.29 is 9.90 Å². The standard InChI is InChI=1S/C16H21N5O2/c1-12-9-13(5-6-14(12)21-11-17-19-20-21)18-15(22)10-16(23)7-3-2-4-8-16/h5-6,9,11,23H,2-4,7-8,10H2,1H3,(H,18,22). The topological polar surface area (TPSA) is 92.9 Å². The number of benzene rings is 1. The Morgan fingerprint density at radius 1 is 1.35 bits per heavy atom. The number of tetrazole rings is 1. The van der Waals surface area contributed by atoms with Gasteiger partial charge in [-0.3, -0.25) is 4.79 Å². The van der Waals surface area contributed by atoms with Crippen LogP contribution in [0, 0.1) is 6.92 Å². The molecule has 122 valence electrons. The number of carbonyl (C=O) groups is 1. The Bertz CT molecular complexity index is 678. The third kappa shape index (κ3) is 3.73. The molecule has 0 bridgehead atoms. The molecule has 2 aromatic rings. The van der Waals surface area contributed by atoms with Gasteiger partial charge in [0, 0.05) is 5.69 Å². The molecule has 1 aromatic carbocycles. The van der Waals surface area contributed by atoms with Crippen molar-refractivity contribution in [1.82, 2.24) is 20.2 Å². The summed E-state index contributed by atoms with van der Waals surface area (Å²) in [5.74, 6) is -0.149. The fraction of sp³-hybridized carbons (Fsp3) is 0.500. The van der Waals surface area contributed by atoms with Crippen molar-refractivity contribution in [3.05, 3.63) is 30.1 Å². The van der Waals surface area contributed by atoms with E-state index < -0.39 is 5.60 Å². The van der Waals surface area contributed by atoms with Crippen molar-refractivity contribution in [3.8, 4) is 5.69 Å². The zero-order chi connectivity index (χ0) is 16.3. The van der Waals surface area contributed by atoms with Crippen molar-refractivity contribution in [2.24, 2.45) is 0 Å². The predicted octanol–water partition coefficient (Wildman–Crippen LogP) is 1.99. The largest absolute Gasteiger partial charge is 0.389 e. The van der Waals surface area contributed by atoms with Crippen LogP contribution in [-0.2, 0) is 4.79 Å². The highest BCUT2D eigenvalue weighted by molar-refractivity contribution is 5.91. The molecule has 1 amide bonds. The number of nitrogens with zero attached hydrogens (tertiary/aromatic N) is 4. The van der Waals surface area contributed by atoms with Gasteiger partial charge in [0.15, 0.2) is 0 Å². The van der Waals surface area contributed by atoms with Gasteiger partial charge in [-0.2, -0.15) is 0 Å². The highest BCUT2D eigenvalue weighted by atomic mass is 16.3. The molecule has 2 N–H and O–H groups in total. The first-order chi connectivity index (χ1) is 11.1. The van der Waals surface area contributed by atoms with Crippen LogP contribution in [0.2, 0.25) is 0 Å². The van der Waals surface area contributed by atoms with Crippen LogP contribution in [0.25, 0.3) is 5.69 Å². The zero-order valence-corrected chi connectivity index (χ0v) is 13.2. The molecule has 1 fully saturated rings. The fourth-order valence-electron chi connectivity index (χ4n) is 3.15. The number of aliphatic hydroxyl groups is 1. The van der Waals surface area contributed by atoms with Crippen LogP contribution in [0.5, 0.6) is 0 Å². The molecule has 0 saturated heterocycles. The maximum Gasteiger partial charge on any atom is 0.227 e. The lowest BCUT2D eigenvalue weighted by Gasteiger charge is -2.31. The number of carbonyl (C=O) groups excluding carboxylic acids is 1. The van der Waals surface area contributed by atoms with E-state index in [0.29, 0.717) is 18.5 Å². The second kappa shape index (κ2) is 6.45. The Morgan fingerprint density at radius 2 is 2.13 bits per heavy atom. The molecule has 1 aromatic heterocycles. The summed E-state index contributed by atoms with van der Waals surface area (Å²) >= 11 is 0. The van der Waals surface area contributed by atoms with Crippen LogP contribution in [0.3, 0.4) is 0 Å². The average molecular weight is 315 g/mol. The third-order valence-corrected chi connectivity index (χ3v) is 4.35. The molecular weight excluding hydrogens is 294 g/mol. The monoisotopic (exact) mass is 315 g/mol. The van der Waals surface area contributed by atoms with Gasteiger partial charge in [0.05, 0.1) is 17.7 Å². The van der Waals surface area contributed by atoms with Crippen molar-refractivity contribution >= 4 is 11.6 Å². The molecule has 3 rings (SSSR count). The summed E-state index contributed by atoms with van der Waals surface area (Å²) in [7, 11) is 0. The minimum Gasteiger partial charge on any atom is -0.389 e. The first-order valence-corrected chi connectivity index (χ1v) is 7.92. The molecule has 0 aliphatic heterocycles. The lowest BCUT2D eigenvalue weighted by atomic mass is 9.82. The molecule has 23 heavy (non-hydrogen) atoms. The van der Waals surface area contributed by atoms with Crippen LogP contribution in [0.1, 0.15) is 44.1 Å². The van der Waals surface area contributed by atoms with E-state index in [1.54, 1.807) is 4.68 Å². The minimum absolute atomic E-state index is 0.149. The molecule has 1 heterocycles. The van der Waals surface area contributed by atoms with Gasteiger partial charge in [-0.05, 0) is 54.0 Å². The van der Waals surface area contributed by atoms with Crippen molar-refractivity contribution in [1.29, 1.82) is 0 Å². The molecule has 1 aliphatic carbocycles. The van der Waals surface area contributed by atoms with Crippen LogP contribution >= 0.6 is 0 Å². The highest BCUT2D eigenvalue weighted by Gasteiger charge is 2.31. The van der Waals surface area contributed by atoms with E-state index in [-0.39, 0.29) is 12.3 Å². The SMILES string of the molecule is Cc1cc(NC(=O)CC2(O)CCCCC2)ccc1-n1cnnn1. The smallest absolute Gasteiger partial charge is 0.227 e. The summed E-state index contributed by atoms with van der Waals surface area (Å²) < 4.78 is 1.58. The quantitative estimate of drug-likeness (QED) is 0.900. The summed E-state index contributed by atoms with van der Waals surface area (Å²) in [5, 5.41) is 24.4. The number of amides is 1. The summed E-state index contributed by atoms with van der Waals surface area (Å²) in [6, 6.07) is 5.54. The number of anilines is 1. The number of hydrogen-bond acceptors (Lipinski definition) is 5. The summed E-state index contributed by atoms with van der Waals surface area (Å²) in [6.07, 6.45) is 6.21. The Hall–Kier alpha value is -2.28. The normalized spacial score (nSPS) is 17.0.